The fourth-order valence-electron chi connectivity index (χ4n) is 2.98. The van der Waals surface area contributed by atoms with Gasteiger partial charge < -0.3 is 10.3 Å². The zero-order valence-electron chi connectivity index (χ0n) is 16.9. The van der Waals surface area contributed by atoms with Crippen molar-refractivity contribution in [3.8, 4) is 11.4 Å². The lowest BCUT2D eigenvalue weighted by atomic mass is 10.1. The Morgan fingerprint density at radius 1 is 1.26 bits per heavy atom. The summed E-state index contributed by atoms with van der Waals surface area (Å²) in [5, 5.41) is 15.3. The average molecular weight is 426 g/mol. The molecule has 1 aromatic carbocycles. The van der Waals surface area contributed by atoms with Crippen molar-refractivity contribution in [1.82, 2.24) is 19.7 Å². The SMILES string of the molecule is CCN(CCn1ccc(-c2ccc(F)cn2)n1)C(=O)c1c(F)cccc1[NH2+]/N=C\C=N. The van der Waals surface area contributed by atoms with Gasteiger partial charge >= 0.3 is 0 Å². The van der Waals surface area contributed by atoms with Crippen LogP contribution in [0, 0.1) is 17.0 Å². The molecule has 0 radical (unpaired) electrons. The number of carbonyl (C=O) groups excluding carboxylic acids is 1. The van der Waals surface area contributed by atoms with Crippen LogP contribution in [0.25, 0.3) is 11.4 Å². The van der Waals surface area contributed by atoms with Gasteiger partial charge in [0.15, 0.2) is 5.69 Å². The summed E-state index contributed by atoms with van der Waals surface area (Å²) in [6.45, 7) is 2.89. The summed E-state index contributed by atoms with van der Waals surface area (Å²) >= 11 is 0. The van der Waals surface area contributed by atoms with Crippen LogP contribution >= 0.6 is 0 Å². The highest BCUT2D eigenvalue weighted by atomic mass is 19.1. The Bertz CT molecular complexity index is 1080. The van der Waals surface area contributed by atoms with Crippen molar-refractivity contribution >= 4 is 24.0 Å². The quantitative estimate of drug-likeness (QED) is 0.237. The summed E-state index contributed by atoms with van der Waals surface area (Å²) in [6, 6.07) is 8.94. The first kappa shape index (κ1) is 21.9. The summed E-state index contributed by atoms with van der Waals surface area (Å²) in [7, 11) is 0. The Morgan fingerprint density at radius 3 is 2.81 bits per heavy atom. The Labute approximate surface area is 177 Å². The Hall–Kier alpha value is -3.79. The zero-order chi connectivity index (χ0) is 22.2. The number of likely N-dealkylation sites (N-methyl/N-ethyl adjacent to an activating group) is 1. The first-order valence-electron chi connectivity index (χ1n) is 9.62. The first-order chi connectivity index (χ1) is 15.0. The molecular weight excluding hydrogens is 404 g/mol. The lowest BCUT2D eigenvalue weighted by molar-refractivity contribution is -0.577. The van der Waals surface area contributed by atoms with E-state index >= 15 is 0 Å². The molecule has 0 atom stereocenters. The summed E-state index contributed by atoms with van der Waals surface area (Å²) < 4.78 is 29.2. The Kier molecular flexibility index (Phi) is 7.28. The largest absolute Gasteiger partial charge is 0.337 e. The van der Waals surface area contributed by atoms with E-state index in [0.717, 1.165) is 12.4 Å². The van der Waals surface area contributed by atoms with Crippen LogP contribution in [-0.2, 0) is 6.54 Å². The number of nitrogens with zero attached hydrogens (tertiary/aromatic N) is 5. The molecule has 0 bridgehead atoms. The lowest BCUT2D eigenvalue weighted by Gasteiger charge is -2.21. The van der Waals surface area contributed by atoms with Crippen molar-refractivity contribution in [2.45, 2.75) is 13.5 Å². The zero-order valence-corrected chi connectivity index (χ0v) is 16.9. The van der Waals surface area contributed by atoms with E-state index in [4.69, 9.17) is 5.41 Å². The molecule has 160 valence electrons. The maximum atomic E-state index is 14.5. The summed E-state index contributed by atoms with van der Waals surface area (Å²) in [6.07, 6.45) is 5.10. The summed E-state index contributed by atoms with van der Waals surface area (Å²) in [4.78, 5) is 18.6. The highest BCUT2D eigenvalue weighted by Gasteiger charge is 2.24. The molecule has 0 saturated heterocycles. The van der Waals surface area contributed by atoms with Gasteiger partial charge in [0, 0.05) is 31.6 Å². The number of benzene rings is 1. The van der Waals surface area contributed by atoms with E-state index in [1.165, 1.54) is 34.7 Å². The van der Waals surface area contributed by atoms with Crippen molar-refractivity contribution < 1.29 is 19.0 Å². The van der Waals surface area contributed by atoms with E-state index in [2.05, 4.69) is 15.2 Å². The minimum Gasteiger partial charge on any atom is -0.337 e. The molecule has 3 N–H and O–H groups in total. The van der Waals surface area contributed by atoms with Crippen molar-refractivity contribution in [2.24, 2.45) is 5.10 Å². The van der Waals surface area contributed by atoms with Crippen LogP contribution in [0.2, 0.25) is 0 Å². The molecule has 2 aromatic heterocycles. The van der Waals surface area contributed by atoms with Crippen LogP contribution in [0.5, 0.6) is 0 Å². The van der Waals surface area contributed by atoms with Gasteiger partial charge in [-0.2, -0.15) is 10.5 Å². The molecule has 0 saturated carbocycles. The van der Waals surface area contributed by atoms with Gasteiger partial charge in [-0.25, -0.2) is 8.78 Å². The molecule has 0 spiro atoms. The van der Waals surface area contributed by atoms with Gasteiger partial charge in [-0.1, -0.05) is 11.2 Å². The monoisotopic (exact) mass is 426 g/mol. The van der Waals surface area contributed by atoms with Gasteiger partial charge in [0.25, 0.3) is 5.91 Å². The third kappa shape index (κ3) is 5.43. The predicted octanol–water partition coefficient (Wildman–Crippen LogP) is 2.22. The molecule has 0 aliphatic carbocycles. The molecule has 2 heterocycles. The van der Waals surface area contributed by atoms with Gasteiger partial charge in [0.05, 0.1) is 18.4 Å². The number of aromatic nitrogens is 3. The number of pyridine rings is 1. The summed E-state index contributed by atoms with van der Waals surface area (Å²) in [5.74, 6) is -1.51. The maximum absolute atomic E-state index is 14.5. The van der Waals surface area contributed by atoms with Crippen LogP contribution < -0.4 is 5.43 Å². The van der Waals surface area contributed by atoms with Gasteiger partial charge in [-0.05, 0) is 31.2 Å². The first-order valence-corrected chi connectivity index (χ1v) is 9.62. The van der Waals surface area contributed by atoms with Gasteiger partial charge in [0.1, 0.15) is 29.1 Å². The molecule has 3 aromatic rings. The minimum atomic E-state index is -0.633. The van der Waals surface area contributed by atoms with Crippen LogP contribution in [-0.4, -0.2) is 51.1 Å². The number of hydrogen-bond acceptors (Lipinski definition) is 5. The van der Waals surface area contributed by atoms with Crippen molar-refractivity contribution in [3.05, 3.63) is 66.0 Å². The van der Waals surface area contributed by atoms with Crippen LogP contribution in [0.4, 0.5) is 14.5 Å². The van der Waals surface area contributed by atoms with Crippen molar-refractivity contribution in [3.63, 3.8) is 0 Å². The molecule has 0 aliphatic heterocycles. The second-order valence-electron chi connectivity index (χ2n) is 6.51. The summed E-state index contributed by atoms with van der Waals surface area (Å²) in [5.41, 5.74) is 2.75. The molecule has 1 amide bonds. The number of rotatable bonds is 9. The number of hydrogen-bond donors (Lipinski definition) is 2. The molecule has 0 unspecified atom stereocenters. The highest BCUT2D eigenvalue weighted by Crippen LogP contribution is 2.18. The van der Waals surface area contributed by atoms with E-state index in [1.807, 2.05) is 6.92 Å². The fraction of sp³-hybridized carbons (Fsp3) is 0.190. The van der Waals surface area contributed by atoms with Crippen LogP contribution in [0.3, 0.4) is 0 Å². The van der Waals surface area contributed by atoms with Crippen LogP contribution in [0.1, 0.15) is 17.3 Å². The van der Waals surface area contributed by atoms with Crippen molar-refractivity contribution in [2.75, 3.05) is 13.1 Å². The minimum absolute atomic E-state index is 0.0665. The Morgan fingerprint density at radius 2 is 2.10 bits per heavy atom. The molecule has 10 heteroatoms. The number of carbonyl (C=O) groups is 1. The standard InChI is InChI=1S/C21H21F2N7O/c1-2-29(21(31)20-16(23)4-3-5-19(20)27-26-10-9-24)12-13-30-11-8-18(28-30)17-7-6-15(22)14-25-17/h3-11,14,24,27H,2,12-13H2,1H3/p+1/b24-9?,26-10-. The fourth-order valence-corrected chi connectivity index (χ4v) is 2.98. The van der Waals surface area contributed by atoms with Gasteiger partial charge in [-0.15, -0.1) is 0 Å². The van der Waals surface area contributed by atoms with Crippen molar-refractivity contribution in [1.29, 1.82) is 5.41 Å². The molecule has 31 heavy (non-hydrogen) atoms. The number of amides is 1. The predicted molar refractivity (Wildman–Crippen MR) is 112 cm³/mol. The normalized spacial score (nSPS) is 11.1. The Balaban J connectivity index is 1.72. The molecule has 0 aliphatic rings. The lowest BCUT2D eigenvalue weighted by Crippen LogP contribution is -2.72. The number of halogens is 2. The third-order valence-corrected chi connectivity index (χ3v) is 4.53. The van der Waals surface area contributed by atoms with Crippen LogP contribution in [0.15, 0.2) is 53.9 Å². The van der Waals surface area contributed by atoms with Gasteiger partial charge in [0.2, 0.25) is 0 Å². The number of nitrogens with two attached hydrogens (primary N) is 1. The smallest absolute Gasteiger partial charge is 0.263 e. The molecular formula is C21H22F2N7O+. The second-order valence-corrected chi connectivity index (χ2v) is 6.51. The maximum Gasteiger partial charge on any atom is 0.263 e. The highest BCUT2D eigenvalue weighted by molar-refractivity contribution is 6.14. The van der Waals surface area contributed by atoms with E-state index in [-0.39, 0.29) is 5.56 Å². The number of quaternary nitrogens is 1. The van der Waals surface area contributed by atoms with E-state index in [1.54, 1.807) is 29.1 Å². The average Bonchev–Trinajstić information content (AvgIpc) is 3.24. The third-order valence-electron chi connectivity index (χ3n) is 4.53. The molecule has 3 rings (SSSR count). The number of nitrogens with one attached hydrogen (secondary N) is 1. The van der Waals surface area contributed by atoms with Gasteiger partial charge in [-0.3, -0.25) is 14.5 Å². The molecule has 8 nitrogen and oxygen atoms in total. The van der Waals surface area contributed by atoms with E-state index in [0.29, 0.717) is 36.7 Å². The van der Waals surface area contributed by atoms with E-state index < -0.39 is 17.5 Å². The molecule has 0 fully saturated rings. The topological polar surface area (TPSA) is 104 Å². The van der Waals surface area contributed by atoms with E-state index in [9.17, 15) is 13.6 Å². The second kappa shape index (κ2) is 10.3.